The normalized spacial score (nSPS) is 13.2. The first kappa shape index (κ1) is 18.5. The molecule has 0 spiro atoms. The van der Waals surface area contributed by atoms with Crippen molar-refractivity contribution in [3.63, 3.8) is 0 Å². The van der Waals surface area contributed by atoms with Crippen molar-refractivity contribution in [2.45, 2.75) is 19.5 Å². The molecule has 0 aliphatic carbocycles. The third-order valence-electron chi connectivity index (χ3n) is 4.37. The van der Waals surface area contributed by atoms with E-state index in [1.165, 1.54) is 16.9 Å². The Balaban J connectivity index is 0.00000196. The average molecular weight is 407 g/mol. The second-order valence-electron chi connectivity index (χ2n) is 5.96. The quantitative estimate of drug-likeness (QED) is 0.397. The molecule has 1 N–H and O–H groups in total. The van der Waals surface area contributed by atoms with E-state index in [1.807, 2.05) is 17.0 Å². The molecule has 26 heavy (non-hydrogen) atoms. The summed E-state index contributed by atoms with van der Waals surface area (Å²) >= 11 is 1.38. The number of anilines is 1. The second kappa shape index (κ2) is 7.53. The Morgan fingerprint density at radius 3 is 2.85 bits per heavy atom. The van der Waals surface area contributed by atoms with Crippen LogP contribution in [0.15, 0.2) is 38.7 Å². The number of benzene rings is 1. The van der Waals surface area contributed by atoms with Gasteiger partial charge >= 0.3 is 0 Å². The van der Waals surface area contributed by atoms with E-state index in [9.17, 15) is 14.4 Å². The van der Waals surface area contributed by atoms with Crippen molar-refractivity contribution < 1.29 is 21.9 Å². The SMILES string of the molecule is O=C(NCc1ccc2c(c1)CN(c1[c-]c(=O)c1=O)CC2)c1cscn1.[Mn]. The number of carbonyl (C=O) groups is 1. The molecule has 8 heteroatoms. The van der Waals surface area contributed by atoms with Gasteiger partial charge in [0.15, 0.2) is 0 Å². The van der Waals surface area contributed by atoms with Crippen molar-refractivity contribution in [2.75, 3.05) is 11.4 Å². The van der Waals surface area contributed by atoms with Gasteiger partial charge in [-0.05, 0) is 28.8 Å². The molecule has 1 aromatic heterocycles. The fourth-order valence-electron chi connectivity index (χ4n) is 3.00. The monoisotopic (exact) mass is 407 g/mol. The Hall–Kier alpha value is -2.28. The van der Waals surface area contributed by atoms with Gasteiger partial charge in [-0.3, -0.25) is 4.79 Å². The zero-order chi connectivity index (χ0) is 17.4. The van der Waals surface area contributed by atoms with Gasteiger partial charge in [0.05, 0.1) is 5.51 Å². The second-order valence-corrected chi connectivity index (χ2v) is 6.68. The first-order valence-corrected chi connectivity index (χ1v) is 8.81. The number of carbonyl (C=O) groups excluding carboxylic acids is 1. The Morgan fingerprint density at radius 1 is 1.31 bits per heavy atom. The van der Waals surface area contributed by atoms with Gasteiger partial charge in [0, 0.05) is 42.1 Å². The Morgan fingerprint density at radius 2 is 2.15 bits per heavy atom. The minimum Gasteiger partial charge on any atom is -0.385 e. The number of amides is 1. The Labute approximate surface area is 164 Å². The van der Waals surface area contributed by atoms with Crippen LogP contribution in [-0.2, 0) is 36.6 Å². The molecule has 2 aromatic carbocycles. The molecule has 0 fully saturated rings. The van der Waals surface area contributed by atoms with Crippen LogP contribution in [0.25, 0.3) is 0 Å². The van der Waals surface area contributed by atoms with E-state index < -0.39 is 10.9 Å². The van der Waals surface area contributed by atoms with E-state index in [2.05, 4.69) is 22.4 Å². The average Bonchev–Trinajstić information content (AvgIpc) is 3.18. The van der Waals surface area contributed by atoms with Gasteiger partial charge in [0.25, 0.3) is 5.91 Å². The number of hydrogen-bond donors (Lipinski definition) is 1. The molecule has 6 nitrogen and oxygen atoms in total. The maximum atomic E-state index is 12.0. The summed E-state index contributed by atoms with van der Waals surface area (Å²) in [5.41, 5.74) is 4.76. The number of nitrogens with zero attached hydrogens (tertiary/aromatic N) is 2. The number of rotatable bonds is 4. The predicted molar refractivity (Wildman–Crippen MR) is 94.7 cm³/mol. The number of aromatic nitrogens is 1. The molecule has 0 unspecified atom stereocenters. The first-order chi connectivity index (χ1) is 12.1. The standard InChI is InChI=1S/C18H14N3O3S.Mn/c22-16-6-15(17(16)23)21-4-3-12-2-1-11(5-13(12)8-21)7-19-18(24)14-9-25-10-20-14;/h1-2,5,9-10H,3-4,7-8H2,(H,19,24);/q-1;. The summed E-state index contributed by atoms with van der Waals surface area (Å²) in [4.78, 5) is 40.5. The smallest absolute Gasteiger partial charge is 0.271 e. The largest absolute Gasteiger partial charge is 0.385 e. The van der Waals surface area contributed by atoms with Gasteiger partial charge in [-0.1, -0.05) is 18.2 Å². The van der Waals surface area contributed by atoms with Crippen LogP contribution in [-0.4, -0.2) is 17.4 Å². The number of fused-ring (bicyclic) bond motifs is 1. The molecule has 4 rings (SSSR count). The van der Waals surface area contributed by atoms with Crippen LogP contribution in [0.3, 0.4) is 0 Å². The van der Waals surface area contributed by atoms with Crippen molar-refractivity contribution in [2.24, 2.45) is 0 Å². The van der Waals surface area contributed by atoms with Crippen molar-refractivity contribution >= 4 is 22.9 Å². The van der Waals surface area contributed by atoms with E-state index >= 15 is 0 Å². The third-order valence-corrected chi connectivity index (χ3v) is 4.96. The molecule has 2 heterocycles. The molecule has 133 valence electrons. The van der Waals surface area contributed by atoms with Crippen molar-refractivity contribution in [1.82, 2.24) is 10.3 Å². The van der Waals surface area contributed by atoms with Crippen molar-refractivity contribution in [3.8, 4) is 0 Å². The van der Waals surface area contributed by atoms with Crippen LogP contribution >= 0.6 is 11.3 Å². The van der Waals surface area contributed by atoms with Gasteiger partial charge in [-0.2, -0.15) is 0 Å². The molecule has 3 aromatic rings. The van der Waals surface area contributed by atoms with Crippen LogP contribution in [0.4, 0.5) is 5.69 Å². The van der Waals surface area contributed by atoms with Crippen molar-refractivity contribution in [1.29, 1.82) is 0 Å². The third kappa shape index (κ3) is 3.49. The summed E-state index contributed by atoms with van der Waals surface area (Å²) in [5, 5.41) is 4.56. The number of hydrogen-bond acceptors (Lipinski definition) is 6. The van der Waals surface area contributed by atoms with Gasteiger partial charge < -0.3 is 19.8 Å². The Kier molecular flexibility index (Phi) is 5.36. The molecule has 0 atom stereocenters. The summed E-state index contributed by atoms with van der Waals surface area (Å²) in [7, 11) is 0. The van der Waals surface area contributed by atoms with Gasteiger partial charge in [-0.25, -0.2) is 4.98 Å². The van der Waals surface area contributed by atoms with E-state index in [4.69, 9.17) is 0 Å². The topological polar surface area (TPSA) is 79.4 Å². The maximum absolute atomic E-state index is 12.0. The summed E-state index contributed by atoms with van der Waals surface area (Å²) in [6.45, 7) is 1.69. The fourth-order valence-corrected chi connectivity index (χ4v) is 3.53. The molecule has 1 aliphatic heterocycles. The fraction of sp³-hybridized carbons (Fsp3) is 0.222. The molecule has 1 aliphatic rings. The maximum Gasteiger partial charge on any atom is 0.271 e. The Bertz CT molecular complexity index is 1010. The van der Waals surface area contributed by atoms with Crippen LogP contribution in [0, 0.1) is 6.07 Å². The van der Waals surface area contributed by atoms with Crippen LogP contribution in [0.2, 0.25) is 0 Å². The summed E-state index contributed by atoms with van der Waals surface area (Å²) in [6, 6.07) is 8.65. The van der Waals surface area contributed by atoms with Gasteiger partial charge in [0.1, 0.15) is 16.6 Å². The zero-order valence-corrected chi connectivity index (χ0v) is 15.6. The minimum absolute atomic E-state index is 0. The van der Waals surface area contributed by atoms with Crippen molar-refractivity contribution in [3.05, 3.63) is 78.0 Å². The first-order valence-electron chi connectivity index (χ1n) is 7.86. The van der Waals surface area contributed by atoms with E-state index in [0.29, 0.717) is 31.0 Å². The molecular weight excluding hydrogens is 393 g/mol. The molecule has 0 saturated heterocycles. The van der Waals surface area contributed by atoms with Crippen LogP contribution < -0.4 is 21.1 Å². The molecule has 0 saturated carbocycles. The van der Waals surface area contributed by atoms with E-state index in [1.54, 1.807) is 10.9 Å². The minimum atomic E-state index is -0.542. The van der Waals surface area contributed by atoms with E-state index in [-0.39, 0.29) is 23.0 Å². The zero-order valence-electron chi connectivity index (χ0n) is 13.6. The van der Waals surface area contributed by atoms with Gasteiger partial charge in [-0.15, -0.1) is 17.4 Å². The van der Waals surface area contributed by atoms with Crippen LogP contribution in [0.5, 0.6) is 0 Å². The predicted octanol–water partition coefficient (Wildman–Crippen LogP) is 1.03. The molecule has 0 bridgehead atoms. The molecular formula is C18H14MnN3O3S-. The molecule has 1 radical (unpaired) electrons. The number of nitrogens with one attached hydrogen (secondary N) is 1. The number of thiazole rings is 1. The van der Waals surface area contributed by atoms with E-state index in [0.717, 1.165) is 17.5 Å². The van der Waals surface area contributed by atoms with Gasteiger partial charge in [0.2, 0.25) is 0 Å². The summed E-state index contributed by atoms with van der Waals surface area (Å²) in [6.07, 6.45) is 0.813. The summed E-state index contributed by atoms with van der Waals surface area (Å²) < 4.78 is 0. The van der Waals surface area contributed by atoms with Crippen LogP contribution in [0.1, 0.15) is 27.2 Å². The summed E-state index contributed by atoms with van der Waals surface area (Å²) in [5.74, 6) is -0.195. The molecule has 1 amide bonds.